The van der Waals surface area contributed by atoms with Gasteiger partial charge in [-0.1, -0.05) is 42.5 Å². The minimum absolute atomic E-state index is 0.0749. The van der Waals surface area contributed by atoms with Crippen LogP contribution in [0.1, 0.15) is 16.8 Å². The third-order valence-electron chi connectivity index (χ3n) is 5.76. The molecule has 1 heterocycles. The first-order chi connectivity index (χ1) is 16.7. The average molecular weight is 498 g/mol. The molecule has 182 valence electrons. The Hall–Kier alpha value is -3.72. The van der Waals surface area contributed by atoms with Crippen LogP contribution >= 0.6 is 0 Å². The lowest BCUT2D eigenvalue weighted by Gasteiger charge is -2.10. The number of carbonyl (C=O) groups is 1. The molecule has 2 N–H and O–H groups in total. The Balaban J connectivity index is 1.46. The third-order valence-corrected chi connectivity index (χ3v) is 7.64. The Morgan fingerprint density at radius 3 is 2.11 bits per heavy atom. The molecule has 4 rings (SSSR count). The standard InChI is InChI=1S/C26H25F2N3O3S/c1-18-25(23-4-2-3-5-24(23)31(18)17-20-8-12-22(28)13-9-20)35(33,34)15-14-29-26(32)30-16-19-6-10-21(27)11-7-19/h2-13H,14-17H2,1H3,(H2,29,30,32). The summed E-state index contributed by atoms with van der Waals surface area (Å²) >= 11 is 0. The highest BCUT2D eigenvalue weighted by atomic mass is 32.2. The second-order valence-electron chi connectivity index (χ2n) is 8.20. The van der Waals surface area contributed by atoms with Crippen molar-refractivity contribution in [3.8, 4) is 0 Å². The molecule has 9 heteroatoms. The summed E-state index contributed by atoms with van der Waals surface area (Å²) in [5, 5.41) is 5.79. The van der Waals surface area contributed by atoms with E-state index in [1.807, 2.05) is 16.7 Å². The van der Waals surface area contributed by atoms with Gasteiger partial charge in [0, 0.05) is 36.2 Å². The maximum atomic E-state index is 13.3. The second kappa shape index (κ2) is 10.3. The molecule has 0 saturated carbocycles. The molecule has 0 spiro atoms. The lowest BCUT2D eigenvalue weighted by Crippen LogP contribution is -2.37. The summed E-state index contributed by atoms with van der Waals surface area (Å²) < 4.78 is 54.8. The van der Waals surface area contributed by atoms with Gasteiger partial charge in [-0.3, -0.25) is 0 Å². The molecule has 4 aromatic rings. The Kier molecular flexibility index (Phi) is 7.16. The number of fused-ring (bicyclic) bond motifs is 1. The van der Waals surface area contributed by atoms with Crippen LogP contribution in [0.2, 0.25) is 0 Å². The minimum Gasteiger partial charge on any atom is -0.339 e. The predicted octanol–water partition coefficient (Wildman–Crippen LogP) is 4.55. The number of amides is 2. The molecule has 0 aliphatic heterocycles. The molecule has 3 aromatic carbocycles. The summed E-state index contributed by atoms with van der Waals surface area (Å²) in [5.74, 6) is -0.972. The van der Waals surface area contributed by atoms with Crippen LogP contribution in [-0.4, -0.2) is 31.3 Å². The zero-order chi connectivity index (χ0) is 25.0. The maximum absolute atomic E-state index is 13.3. The number of rotatable bonds is 8. The van der Waals surface area contributed by atoms with Crippen molar-refractivity contribution in [3.05, 3.63) is 101 Å². The van der Waals surface area contributed by atoms with E-state index in [1.54, 1.807) is 43.3 Å². The van der Waals surface area contributed by atoms with Crippen LogP contribution in [-0.2, 0) is 22.9 Å². The van der Waals surface area contributed by atoms with Crippen molar-refractivity contribution in [3.63, 3.8) is 0 Å². The number of hydrogen-bond donors (Lipinski definition) is 2. The molecule has 0 unspecified atom stereocenters. The molecule has 0 aliphatic carbocycles. The van der Waals surface area contributed by atoms with Crippen molar-refractivity contribution in [2.75, 3.05) is 12.3 Å². The molecule has 2 amide bonds. The monoisotopic (exact) mass is 497 g/mol. The largest absolute Gasteiger partial charge is 0.339 e. The topological polar surface area (TPSA) is 80.2 Å². The quantitative estimate of drug-likeness (QED) is 0.375. The number of hydrogen-bond acceptors (Lipinski definition) is 3. The van der Waals surface area contributed by atoms with E-state index in [4.69, 9.17) is 0 Å². The zero-order valence-corrected chi connectivity index (χ0v) is 19.9. The number of halogens is 2. The summed E-state index contributed by atoms with van der Waals surface area (Å²) in [7, 11) is -3.73. The van der Waals surface area contributed by atoms with Crippen molar-refractivity contribution in [2.24, 2.45) is 0 Å². The fourth-order valence-electron chi connectivity index (χ4n) is 4.02. The number of nitrogens with zero attached hydrogens (tertiary/aromatic N) is 1. The van der Waals surface area contributed by atoms with E-state index in [9.17, 15) is 22.0 Å². The van der Waals surface area contributed by atoms with E-state index in [1.165, 1.54) is 24.3 Å². The molecule has 35 heavy (non-hydrogen) atoms. The predicted molar refractivity (Wildman–Crippen MR) is 131 cm³/mol. The van der Waals surface area contributed by atoms with Crippen LogP contribution in [0.4, 0.5) is 13.6 Å². The minimum atomic E-state index is -3.73. The van der Waals surface area contributed by atoms with Gasteiger partial charge in [0.1, 0.15) is 11.6 Å². The van der Waals surface area contributed by atoms with Crippen molar-refractivity contribution < 1.29 is 22.0 Å². The first-order valence-corrected chi connectivity index (χ1v) is 12.7. The van der Waals surface area contributed by atoms with E-state index in [-0.39, 0.29) is 35.4 Å². The number of benzene rings is 3. The van der Waals surface area contributed by atoms with Crippen LogP contribution in [0.5, 0.6) is 0 Å². The number of sulfone groups is 1. The molecule has 0 bridgehead atoms. The van der Waals surface area contributed by atoms with E-state index in [0.29, 0.717) is 17.6 Å². The fourth-order valence-corrected chi connectivity index (χ4v) is 5.66. The van der Waals surface area contributed by atoms with Gasteiger partial charge in [-0.15, -0.1) is 0 Å². The van der Waals surface area contributed by atoms with E-state index in [2.05, 4.69) is 10.6 Å². The third kappa shape index (κ3) is 5.68. The van der Waals surface area contributed by atoms with E-state index < -0.39 is 15.9 Å². The molecule has 0 saturated heterocycles. The van der Waals surface area contributed by atoms with Crippen molar-refractivity contribution in [1.82, 2.24) is 15.2 Å². The number of aromatic nitrogens is 1. The number of urea groups is 1. The highest BCUT2D eigenvalue weighted by Gasteiger charge is 2.25. The summed E-state index contributed by atoms with van der Waals surface area (Å²) in [4.78, 5) is 12.3. The van der Waals surface area contributed by atoms with Crippen molar-refractivity contribution >= 4 is 26.8 Å². The maximum Gasteiger partial charge on any atom is 0.315 e. The van der Waals surface area contributed by atoms with Crippen LogP contribution < -0.4 is 10.6 Å². The summed E-state index contributed by atoms with van der Waals surface area (Å²) in [6.07, 6.45) is 0. The Morgan fingerprint density at radius 1 is 0.857 bits per heavy atom. The number of nitrogens with one attached hydrogen (secondary N) is 2. The fraction of sp³-hybridized carbons (Fsp3) is 0.192. The SMILES string of the molecule is Cc1c(S(=O)(=O)CCNC(=O)NCc2ccc(F)cc2)c2ccccc2n1Cc1ccc(F)cc1. The average Bonchev–Trinajstić information content (AvgIpc) is 3.12. The highest BCUT2D eigenvalue weighted by Crippen LogP contribution is 2.31. The van der Waals surface area contributed by atoms with Gasteiger partial charge in [-0.2, -0.15) is 0 Å². The van der Waals surface area contributed by atoms with Crippen LogP contribution in [0.25, 0.3) is 10.9 Å². The van der Waals surface area contributed by atoms with Gasteiger partial charge in [-0.25, -0.2) is 22.0 Å². The number of carbonyl (C=O) groups excluding carboxylic acids is 1. The molecule has 0 fully saturated rings. The molecule has 0 radical (unpaired) electrons. The van der Waals surface area contributed by atoms with Crippen LogP contribution in [0, 0.1) is 18.6 Å². The normalized spacial score (nSPS) is 11.5. The van der Waals surface area contributed by atoms with Crippen molar-refractivity contribution in [2.45, 2.75) is 24.9 Å². The Labute approximate surface area is 202 Å². The van der Waals surface area contributed by atoms with Gasteiger partial charge >= 0.3 is 6.03 Å². The van der Waals surface area contributed by atoms with Crippen LogP contribution in [0.3, 0.4) is 0 Å². The van der Waals surface area contributed by atoms with Gasteiger partial charge in [0.2, 0.25) is 0 Å². The van der Waals surface area contributed by atoms with E-state index in [0.717, 1.165) is 16.6 Å². The Morgan fingerprint density at radius 2 is 1.46 bits per heavy atom. The van der Waals surface area contributed by atoms with Crippen molar-refractivity contribution in [1.29, 1.82) is 0 Å². The first-order valence-electron chi connectivity index (χ1n) is 11.1. The van der Waals surface area contributed by atoms with Gasteiger partial charge < -0.3 is 15.2 Å². The van der Waals surface area contributed by atoms with Gasteiger partial charge in [0.15, 0.2) is 9.84 Å². The van der Waals surface area contributed by atoms with Gasteiger partial charge in [-0.05, 0) is 48.4 Å². The van der Waals surface area contributed by atoms with Gasteiger partial charge in [0.05, 0.1) is 10.6 Å². The van der Waals surface area contributed by atoms with Crippen LogP contribution in [0.15, 0.2) is 77.7 Å². The smallest absolute Gasteiger partial charge is 0.315 e. The molecular formula is C26H25F2N3O3S. The second-order valence-corrected chi connectivity index (χ2v) is 10.2. The molecule has 1 aromatic heterocycles. The summed E-state index contributed by atoms with van der Waals surface area (Å²) in [5.41, 5.74) is 2.91. The van der Waals surface area contributed by atoms with Gasteiger partial charge in [0.25, 0.3) is 0 Å². The summed E-state index contributed by atoms with van der Waals surface area (Å²) in [6, 6.07) is 18.5. The van der Waals surface area contributed by atoms with E-state index >= 15 is 0 Å². The lowest BCUT2D eigenvalue weighted by atomic mass is 10.2. The lowest BCUT2D eigenvalue weighted by molar-refractivity contribution is 0.241. The molecule has 0 aliphatic rings. The first kappa shape index (κ1) is 24.4. The Bertz CT molecular complexity index is 1450. The number of para-hydroxylation sites is 1. The molecular weight excluding hydrogens is 472 g/mol. The highest BCUT2D eigenvalue weighted by molar-refractivity contribution is 7.91. The molecule has 0 atom stereocenters. The zero-order valence-electron chi connectivity index (χ0n) is 19.1. The molecule has 6 nitrogen and oxygen atoms in total. The summed E-state index contributed by atoms with van der Waals surface area (Å²) in [6.45, 7) is 2.26.